The van der Waals surface area contributed by atoms with Crippen molar-refractivity contribution in [3.63, 3.8) is 0 Å². The van der Waals surface area contributed by atoms with Crippen molar-refractivity contribution in [3.05, 3.63) is 35.4 Å². The van der Waals surface area contributed by atoms with Crippen molar-refractivity contribution < 1.29 is 23.4 Å². The SMILES string of the molecule is CC(C(=O)c1ccc(F)c(F)c1)N1CCOC(CO)C1. The predicted molar refractivity (Wildman–Crippen MR) is 68.5 cm³/mol. The van der Waals surface area contributed by atoms with Crippen LogP contribution in [0.25, 0.3) is 0 Å². The van der Waals surface area contributed by atoms with Gasteiger partial charge in [-0.15, -0.1) is 0 Å². The molecule has 2 rings (SSSR count). The van der Waals surface area contributed by atoms with E-state index >= 15 is 0 Å². The number of rotatable bonds is 4. The monoisotopic (exact) mass is 285 g/mol. The maximum Gasteiger partial charge on any atom is 0.179 e. The second kappa shape index (κ2) is 6.39. The summed E-state index contributed by atoms with van der Waals surface area (Å²) in [6.07, 6.45) is -0.316. The second-order valence-electron chi connectivity index (χ2n) is 4.84. The molecule has 2 atom stereocenters. The van der Waals surface area contributed by atoms with Gasteiger partial charge in [0.25, 0.3) is 0 Å². The van der Waals surface area contributed by atoms with Gasteiger partial charge in [-0.2, -0.15) is 0 Å². The molecule has 0 spiro atoms. The van der Waals surface area contributed by atoms with E-state index in [1.807, 2.05) is 4.90 Å². The Kier molecular flexibility index (Phi) is 4.80. The van der Waals surface area contributed by atoms with Crippen LogP contribution in [0.2, 0.25) is 0 Å². The topological polar surface area (TPSA) is 49.8 Å². The molecule has 1 heterocycles. The quantitative estimate of drug-likeness (QED) is 0.845. The number of Topliss-reactive ketones (excluding diaryl/α,β-unsaturated/α-hetero) is 1. The molecule has 6 heteroatoms. The van der Waals surface area contributed by atoms with Crippen LogP contribution in [0.4, 0.5) is 8.78 Å². The number of benzene rings is 1. The highest BCUT2D eigenvalue weighted by atomic mass is 19.2. The number of hydrogen-bond donors (Lipinski definition) is 1. The number of aliphatic hydroxyl groups is 1. The third kappa shape index (κ3) is 3.20. The second-order valence-corrected chi connectivity index (χ2v) is 4.84. The highest BCUT2D eigenvalue weighted by Gasteiger charge is 2.28. The number of morpholine rings is 1. The molecule has 1 aromatic rings. The maximum absolute atomic E-state index is 13.2. The van der Waals surface area contributed by atoms with Gasteiger partial charge in [0.2, 0.25) is 0 Å². The lowest BCUT2D eigenvalue weighted by Crippen LogP contribution is -2.50. The Bertz CT molecular complexity index is 495. The third-order valence-electron chi connectivity index (χ3n) is 3.51. The van der Waals surface area contributed by atoms with E-state index in [0.717, 1.165) is 12.1 Å². The summed E-state index contributed by atoms with van der Waals surface area (Å²) < 4.78 is 31.4. The Morgan fingerprint density at radius 1 is 1.50 bits per heavy atom. The minimum absolute atomic E-state index is 0.109. The lowest BCUT2D eigenvalue weighted by atomic mass is 10.0. The summed E-state index contributed by atoms with van der Waals surface area (Å²) in [6, 6.07) is 2.67. The van der Waals surface area contributed by atoms with Crippen molar-refractivity contribution in [2.75, 3.05) is 26.3 Å². The average Bonchev–Trinajstić information content (AvgIpc) is 2.48. The summed E-state index contributed by atoms with van der Waals surface area (Å²) in [5.41, 5.74) is 0.142. The fourth-order valence-corrected chi connectivity index (χ4v) is 2.26. The van der Waals surface area contributed by atoms with Crippen molar-refractivity contribution in [2.24, 2.45) is 0 Å². The van der Waals surface area contributed by atoms with Gasteiger partial charge in [0.05, 0.1) is 25.4 Å². The zero-order valence-corrected chi connectivity index (χ0v) is 11.2. The summed E-state index contributed by atoms with van der Waals surface area (Å²) in [4.78, 5) is 14.1. The van der Waals surface area contributed by atoms with Crippen LogP contribution < -0.4 is 0 Å². The average molecular weight is 285 g/mol. The van der Waals surface area contributed by atoms with Gasteiger partial charge in [0.15, 0.2) is 17.4 Å². The lowest BCUT2D eigenvalue weighted by molar-refractivity contribution is -0.0592. The van der Waals surface area contributed by atoms with Gasteiger partial charge in [0, 0.05) is 18.7 Å². The number of aliphatic hydroxyl groups excluding tert-OH is 1. The van der Waals surface area contributed by atoms with Crippen molar-refractivity contribution in [1.82, 2.24) is 4.90 Å². The number of carbonyl (C=O) groups excluding carboxylic acids is 1. The predicted octanol–water partition coefficient (Wildman–Crippen LogP) is 1.23. The molecular weight excluding hydrogens is 268 g/mol. The van der Waals surface area contributed by atoms with Gasteiger partial charge in [-0.3, -0.25) is 9.69 Å². The van der Waals surface area contributed by atoms with E-state index in [4.69, 9.17) is 9.84 Å². The molecule has 1 aromatic carbocycles. The first-order valence-electron chi connectivity index (χ1n) is 6.48. The van der Waals surface area contributed by atoms with Crippen LogP contribution >= 0.6 is 0 Å². The molecule has 2 unspecified atom stereocenters. The van der Waals surface area contributed by atoms with Crippen molar-refractivity contribution in [3.8, 4) is 0 Å². The number of nitrogens with zero attached hydrogens (tertiary/aromatic N) is 1. The molecule has 0 amide bonds. The van der Waals surface area contributed by atoms with Crippen molar-refractivity contribution in [1.29, 1.82) is 0 Å². The minimum atomic E-state index is -1.03. The molecule has 0 bridgehead atoms. The highest BCUT2D eigenvalue weighted by molar-refractivity contribution is 5.99. The van der Waals surface area contributed by atoms with E-state index in [0.29, 0.717) is 19.7 Å². The maximum atomic E-state index is 13.2. The molecule has 0 aliphatic carbocycles. The van der Waals surface area contributed by atoms with Crippen LogP contribution in [0.1, 0.15) is 17.3 Å². The van der Waals surface area contributed by atoms with Crippen LogP contribution in [0.5, 0.6) is 0 Å². The van der Waals surface area contributed by atoms with Gasteiger partial charge >= 0.3 is 0 Å². The molecule has 110 valence electrons. The molecule has 0 aromatic heterocycles. The molecule has 1 saturated heterocycles. The summed E-state index contributed by atoms with van der Waals surface area (Å²) in [6.45, 7) is 3.03. The minimum Gasteiger partial charge on any atom is -0.394 e. The van der Waals surface area contributed by atoms with Crippen LogP contribution in [0.3, 0.4) is 0 Å². The Morgan fingerprint density at radius 3 is 2.90 bits per heavy atom. The largest absolute Gasteiger partial charge is 0.394 e. The Balaban J connectivity index is 2.09. The van der Waals surface area contributed by atoms with E-state index < -0.39 is 17.7 Å². The van der Waals surface area contributed by atoms with Crippen LogP contribution in [-0.2, 0) is 4.74 Å². The van der Waals surface area contributed by atoms with Gasteiger partial charge in [-0.1, -0.05) is 0 Å². The highest BCUT2D eigenvalue weighted by Crippen LogP contribution is 2.15. The smallest absolute Gasteiger partial charge is 0.179 e. The number of carbonyl (C=O) groups is 1. The summed E-state index contributed by atoms with van der Waals surface area (Å²) in [5, 5.41) is 9.09. The van der Waals surface area contributed by atoms with E-state index in [-0.39, 0.29) is 24.1 Å². The molecular formula is C14H17F2NO3. The van der Waals surface area contributed by atoms with E-state index in [1.54, 1.807) is 6.92 Å². The number of ether oxygens (including phenoxy) is 1. The fourth-order valence-electron chi connectivity index (χ4n) is 2.26. The van der Waals surface area contributed by atoms with Crippen molar-refractivity contribution in [2.45, 2.75) is 19.1 Å². The molecule has 1 aliphatic heterocycles. The first-order chi connectivity index (χ1) is 9.52. The molecule has 0 saturated carbocycles. The van der Waals surface area contributed by atoms with Crippen LogP contribution in [0.15, 0.2) is 18.2 Å². The van der Waals surface area contributed by atoms with Gasteiger partial charge in [-0.05, 0) is 25.1 Å². The molecule has 1 fully saturated rings. The molecule has 20 heavy (non-hydrogen) atoms. The van der Waals surface area contributed by atoms with Gasteiger partial charge in [-0.25, -0.2) is 8.78 Å². The standard InChI is InChI=1S/C14H17F2NO3/c1-9(17-4-5-20-11(7-17)8-18)14(19)10-2-3-12(15)13(16)6-10/h2-3,6,9,11,18H,4-5,7-8H2,1H3. The molecule has 0 radical (unpaired) electrons. The van der Waals surface area contributed by atoms with Crippen molar-refractivity contribution >= 4 is 5.78 Å². The van der Waals surface area contributed by atoms with Crippen LogP contribution in [0, 0.1) is 11.6 Å². The van der Waals surface area contributed by atoms with Gasteiger partial charge < -0.3 is 9.84 Å². The normalized spacial score (nSPS) is 21.7. The van der Waals surface area contributed by atoms with E-state index in [1.165, 1.54) is 6.07 Å². The lowest BCUT2D eigenvalue weighted by Gasteiger charge is -2.35. The third-order valence-corrected chi connectivity index (χ3v) is 3.51. The molecule has 1 N–H and O–H groups in total. The summed E-state index contributed by atoms with van der Waals surface area (Å²) in [7, 11) is 0. The van der Waals surface area contributed by atoms with E-state index in [9.17, 15) is 13.6 Å². The summed E-state index contributed by atoms with van der Waals surface area (Å²) in [5.74, 6) is -2.28. The Hall–Kier alpha value is -1.37. The fraction of sp³-hybridized carbons (Fsp3) is 0.500. The number of hydrogen-bond acceptors (Lipinski definition) is 4. The van der Waals surface area contributed by atoms with Gasteiger partial charge in [0.1, 0.15) is 0 Å². The van der Waals surface area contributed by atoms with Crippen LogP contribution in [-0.4, -0.2) is 54.2 Å². The zero-order chi connectivity index (χ0) is 14.7. The molecule has 1 aliphatic rings. The first kappa shape index (κ1) is 15.0. The first-order valence-corrected chi connectivity index (χ1v) is 6.48. The molecule has 4 nitrogen and oxygen atoms in total. The Labute approximate surface area is 116 Å². The summed E-state index contributed by atoms with van der Waals surface area (Å²) >= 11 is 0. The van der Waals surface area contributed by atoms with E-state index in [2.05, 4.69) is 0 Å². The Morgan fingerprint density at radius 2 is 2.25 bits per heavy atom. The number of ketones is 1. The number of halogens is 2. The zero-order valence-electron chi connectivity index (χ0n) is 11.2.